The molecule has 1 aromatic carbocycles. The van der Waals surface area contributed by atoms with Crippen LogP contribution >= 0.6 is 0 Å². The number of benzene rings is 1. The van der Waals surface area contributed by atoms with Gasteiger partial charge in [0.2, 0.25) is 10.0 Å². The lowest BCUT2D eigenvalue weighted by Gasteiger charge is -2.15. The zero-order valence-corrected chi connectivity index (χ0v) is 14.2. The Morgan fingerprint density at radius 1 is 1.38 bits per heavy atom. The number of hydrogen-bond donors (Lipinski definition) is 3. The summed E-state index contributed by atoms with van der Waals surface area (Å²) in [5, 5.41) is 11.4. The van der Waals surface area contributed by atoms with Gasteiger partial charge in [-0.25, -0.2) is 17.9 Å². The van der Waals surface area contributed by atoms with Gasteiger partial charge >= 0.3 is 5.97 Å². The second-order valence-electron chi connectivity index (χ2n) is 5.69. The van der Waals surface area contributed by atoms with Gasteiger partial charge in [0.25, 0.3) is 5.91 Å². The summed E-state index contributed by atoms with van der Waals surface area (Å²) in [5.74, 6) is -1.90. The van der Waals surface area contributed by atoms with Crippen LogP contribution in [0.5, 0.6) is 0 Å². The predicted octanol–water partition coefficient (Wildman–Crippen LogP) is 0.265. The number of rotatable bonds is 8. The van der Waals surface area contributed by atoms with E-state index in [9.17, 15) is 18.0 Å². The van der Waals surface area contributed by atoms with Crippen LogP contribution in [0, 0.1) is 6.92 Å². The second-order valence-corrected chi connectivity index (χ2v) is 7.41. The number of sulfonamides is 1. The molecule has 0 radical (unpaired) electrons. The lowest BCUT2D eigenvalue weighted by molar-refractivity contribution is -0.140. The molecule has 0 saturated heterocycles. The van der Waals surface area contributed by atoms with Gasteiger partial charge in [-0.05, 0) is 37.5 Å². The predicted molar refractivity (Wildman–Crippen MR) is 85.3 cm³/mol. The molecule has 1 aromatic rings. The number of carboxylic acids is 1. The average Bonchev–Trinajstić information content (AvgIpc) is 3.30. The molecule has 2 rings (SSSR count). The van der Waals surface area contributed by atoms with E-state index in [0.717, 1.165) is 12.8 Å². The van der Waals surface area contributed by atoms with Crippen molar-refractivity contribution in [3.8, 4) is 0 Å². The smallest absolute Gasteiger partial charge is 0.328 e. The number of ether oxygens (including phenoxy) is 1. The van der Waals surface area contributed by atoms with Crippen molar-refractivity contribution in [1.29, 1.82) is 0 Å². The number of nitrogens with one attached hydrogen (secondary N) is 2. The summed E-state index contributed by atoms with van der Waals surface area (Å²) in [6.45, 7) is 1.45. The SMILES string of the molecule is COCC(NC(=O)c1cc(S(=O)(=O)NC2CC2)ccc1C)C(=O)O. The minimum atomic E-state index is -3.70. The molecule has 1 fully saturated rings. The summed E-state index contributed by atoms with van der Waals surface area (Å²) in [6.07, 6.45) is 1.60. The summed E-state index contributed by atoms with van der Waals surface area (Å²) in [6, 6.07) is 2.92. The highest BCUT2D eigenvalue weighted by Crippen LogP contribution is 2.23. The maximum absolute atomic E-state index is 12.3. The molecule has 1 atom stereocenters. The number of carbonyl (C=O) groups is 2. The van der Waals surface area contributed by atoms with Crippen molar-refractivity contribution in [3.05, 3.63) is 29.3 Å². The second kappa shape index (κ2) is 7.29. The van der Waals surface area contributed by atoms with Gasteiger partial charge in [-0.3, -0.25) is 4.79 Å². The highest BCUT2D eigenvalue weighted by Gasteiger charge is 2.29. The molecule has 3 N–H and O–H groups in total. The van der Waals surface area contributed by atoms with Gasteiger partial charge < -0.3 is 15.2 Å². The minimum Gasteiger partial charge on any atom is -0.480 e. The van der Waals surface area contributed by atoms with Gasteiger partial charge in [-0.2, -0.15) is 0 Å². The van der Waals surface area contributed by atoms with Gasteiger partial charge in [0.05, 0.1) is 11.5 Å². The van der Waals surface area contributed by atoms with Gasteiger partial charge in [0.1, 0.15) is 0 Å². The average molecular weight is 356 g/mol. The number of aryl methyl sites for hydroxylation is 1. The molecule has 0 aromatic heterocycles. The fraction of sp³-hybridized carbons (Fsp3) is 0.467. The third-order valence-corrected chi connectivity index (χ3v) is 5.12. The molecule has 132 valence electrons. The van der Waals surface area contributed by atoms with Crippen molar-refractivity contribution in [1.82, 2.24) is 10.0 Å². The maximum atomic E-state index is 12.3. The molecule has 1 amide bonds. The molecule has 8 nitrogen and oxygen atoms in total. The van der Waals surface area contributed by atoms with E-state index < -0.39 is 27.9 Å². The third-order valence-electron chi connectivity index (χ3n) is 3.60. The quantitative estimate of drug-likeness (QED) is 0.614. The standard InChI is InChI=1S/C15H20N2O6S/c1-9-3-6-11(24(21,22)17-10-4-5-10)7-12(9)14(18)16-13(8-23-2)15(19)20/h3,6-7,10,13,17H,4-5,8H2,1-2H3,(H,16,18)(H,19,20). The van der Waals surface area contributed by atoms with E-state index >= 15 is 0 Å². The highest BCUT2D eigenvalue weighted by molar-refractivity contribution is 7.89. The molecule has 1 unspecified atom stereocenters. The summed E-state index contributed by atoms with van der Waals surface area (Å²) in [7, 11) is -2.37. The summed E-state index contributed by atoms with van der Waals surface area (Å²) >= 11 is 0. The Kier molecular flexibility index (Phi) is 5.58. The van der Waals surface area contributed by atoms with Crippen molar-refractivity contribution in [3.63, 3.8) is 0 Å². The number of hydrogen-bond acceptors (Lipinski definition) is 5. The first-order chi connectivity index (χ1) is 11.2. The largest absolute Gasteiger partial charge is 0.480 e. The molecule has 1 saturated carbocycles. The van der Waals surface area contributed by atoms with Crippen molar-refractivity contribution >= 4 is 21.9 Å². The monoisotopic (exact) mass is 356 g/mol. The summed E-state index contributed by atoms with van der Waals surface area (Å²) < 4.78 is 31.8. The van der Waals surface area contributed by atoms with Crippen LogP contribution in [0.25, 0.3) is 0 Å². The molecular weight excluding hydrogens is 336 g/mol. The first kappa shape index (κ1) is 18.4. The Morgan fingerprint density at radius 2 is 2.04 bits per heavy atom. The third kappa shape index (κ3) is 4.53. The van der Waals surface area contributed by atoms with Crippen LogP contribution in [0.4, 0.5) is 0 Å². The van der Waals surface area contributed by atoms with Crippen LogP contribution in [-0.2, 0) is 19.6 Å². The Labute approximate surface area is 140 Å². The van der Waals surface area contributed by atoms with E-state index in [0.29, 0.717) is 5.56 Å². The molecule has 0 heterocycles. The van der Waals surface area contributed by atoms with Gasteiger partial charge in [-0.15, -0.1) is 0 Å². The van der Waals surface area contributed by atoms with Crippen LogP contribution in [0.2, 0.25) is 0 Å². The zero-order valence-electron chi connectivity index (χ0n) is 13.4. The molecule has 0 aliphatic heterocycles. The topological polar surface area (TPSA) is 122 Å². The normalized spacial score (nSPS) is 15.8. The van der Waals surface area contributed by atoms with E-state index in [2.05, 4.69) is 10.0 Å². The van der Waals surface area contributed by atoms with Gasteiger partial charge in [-0.1, -0.05) is 6.07 Å². The van der Waals surface area contributed by atoms with Crippen LogP contribution in [0.15, 0.2) is 23.1 Å². The molecular formula is C15H20N2O6S. The first-order valence-electron chi connectivity index (χ1n) is 7.40. The minimum absolute atomic E-state index is 0.0243. The van der Waals surface area contributed by atoms with E-state index in [1.54, 1.807) is 6.92 Å². The lowest BCUT2D eigenvalue weighted by Crippen LogP contribution is -2.44. The van der Waals surface area contributed by atoms with Crippen LogP contribution < -0.4 is 10.0 Å². The Bertz CT molecular complexity index is 742. The highest BCUT2D eigenvalue weighted by atomic mass is 32.2. The van der Waals surface area contributed by atoms with Crippen LogP contribution in [-0.4, -0.2) is 51.2 Å². The fourth-order valence-corrected chi connectivity index (χ4v) is 3.41. The van der Waals surface area contributed by atoms with Crippen molar-refractivity contribution in [2.75, 3.05) is 13.7 Å². The number of carbonyl (C=O) groups excluding carboxylic acids is 1. The van der Waals surface area contributed by atoms with Gasteiger partial charge in [0, 0.05) is 18.7 Å². The Balaban J connectivity index is 2.24. The van der Waals surface area contributed by atoms with Crippen molar-refractivity contribution in [2.24, 2.45) is 0 Å². The number of amides is 1. The molecule has 0 bridgehead atoms. The number of methoxy groups -OCH3 is 1. The van der Waals surface area contributed by atoms with Crippen molar-refractivity contribution < 1.29 is 27.9 Å². The molecule has 0 spiro atoms. The zero-order chi connectivity index (χ0) is 17.9. The Morgan fingerprint density at radius 3 is 2.58 bits per heavy atom. The lowest BCUT2D eigenvalue weighted by atomic mass is 10.1. The van der Waals surface area contributed by atoms with Crippen molar-refractivity contribution in [2.45, 2.75) is 36.7 Å². The maximum Gasteiger partial charge on any atom is 0.328 e. The van der Waals surface area contributed by atoms with Gasteiger partial charge in [0.15, 0.2) is 6.04 Å². The van der Waals surface area contributed by atoms with E-state index in [1.807, 2.05) is 0 Å². The number of aliphatic carboxylic acids is 1. The van der Waals surface area contributed by atoms with Crippen LogP contribution in [0.1, 0.15) is 28.8 Å². The van der Waals surface area contributed by atoms with E-state index in [-0.39, 0.29) is 23.1 Å². The fourth-order valence-electron chi connectivity index (χ4n) is 2.08. The molecule has 9 heteroatoms. The van der Waals surface area contributed by atoms with E-state index in [4.69, 9.17) is 9.84 Å². The summed E-state index contributed by atoms with van der Waals surface area (Å²) in [4.78, 5) is 23.4. The molecule has 24 heavy (non-hydrogen) atoms. The first-order valence-corrected chi connectivity index (χ1v) is 8.88. The summed E-state index contributed by atoms with van der Waals surface area (Å²) in [5.41, 5.74) is 0.649. The molecule has 1 aliphatic carbocycles. The molecule has 1 aliphatic rings. The number of carboxylic acid groups (broad SMARTS) is 1. The van der Waals surface area contributed by atoms with E-state index in [1.165, 1.54) is 25.3 Å². The Hall–Kier alpha value is -1.97. The van der Waals surface area contributed by atoms with Crippen LogP contribution in [0.3, 0.4) is 0 Å².